The second kappa shape index (κ2) is 9.18. The van der Waals surface area contributed by atoms with Crippen molar-refractivity contribution in [3.8, 4) is 11.1 Å². The van der Waals surface area contributed by atoms with E-state index in [1.807, 2.05) is 6.07 Å². The van der Waals surface area contributed by atoms with E-state index in [0.29, 0.717) is 28.8 Å². The summed E-state index contributed by atoms with van der Waals surface area (Å²) in [6.45, 7) is 0.248. The number of fused-ring (bicyclic) bond motifs is 1. The van der Waals surface area contributed by atoms with Crippen LogP contribution in [0, 0.1) is 0 Å². The summed E-state index contributed by atoms with van der Waals surface area (Å²) in [7, 11) is 0. The zero-order valence-corrected chi connectivity index (χ0v) is 17.1. The van der Waals surface area contributed by atoms with E-state index in [0.717, 1.165) is 0 Å². The summed E-state index contributed by atoms with van der Waals surface area (Å²) >= 11 is 0. The van der Waals surface area contributed by atoms with Gasteiger partial charge in [0.2, 0.25) is 0 Å². The van der Waals surface area contributed by atoms with E-state index < -0.39 is 11.7 Å². The van der Waals surface area contributed by atoms with Crippen molar-refractivity contribution in [2.75, 3.05) is 0 Å². The number of nitrogens with zero attached hydrogens (tertiary/aromatic N) is 2. The first-order valence-electron chi connectivity index (χ1n) is 10.1. The molecule has 1 aliphatic heterocycles. The minimum absolute atomic E-state index is 0.133. The molecule has 2 heterocycles. The second-order valence-corrected chi connectivity index (χ2v) is 7.35. The number of allylic oxidation sites excluding steroid dienone is 1. The number of carbonyl (C=O) groups excluding carboxylic acids is 1. The Labute approximate surface area is 183 Å². The average Bonchev–Trinajstić information content (AvgIpc) is 2.78. The average molecular weight is 435 g/mol. The van der Waals surface area contributed by atoms with Gasteiger partial charge in [0.1, 0.15) is 0 Å². The molecule has 0 radical (unpaired) electrons. The molecular weight excluding hydrogens is 415 g/mol. The van der Waals surface area contributed by atoms with Crippen LogP contribution < -0.4 is 5.32 Å². The lowest BCUT2D eigenvalue weighted by atomic mass is 9.93. The quantitative estimate of drug-likeness (QED) is 0.575. The highest BCUT2D eigenvalue weighted by atomic mass is 19.4. The second-order valence-electron chi connectivity index (χ2n) is 7.35. The maximum atomic E-state index is 13.8. The van der Waals surface area contributed by atoms with Gasteiger partial charge >= 0.3 is 6.18 Å². The van der Waals surface area contributed by atoms with Crippen LogP contribution in [0.5, 0.6) is 0 Å². The Morgan fingerprint density at radius 1 is 1.00 bits per heavy atom. The molecular formula is C25H20F3N3O. The van der Waals surface area contributed by atoms with Crippen molar-refractivity contribution in [2.24, 2.45) is 4.99 Å². The number of hydrogen-bond donors (Lipinski definition) is 1. The molecule has 0 saturated carbocycles. The highest BCUT2D eigenvalue weighted by Gasteiger charge is 2.35. The van der Waals surface area contributed by atoms with Crippen molar-refractivity contribution in [1.29, 1.82) is 0 Å². The van der Waals surface area contributed by atoms with Gasteiger partial charge in [0.15, 0.2) is 0 Å². The van der Waals surface area contributed by atoms with Gasteiger partial charge in [-0.1, -0.05) is 42.5 Å². The minimum atomic E-state index is -4.50. The van der Waals surface area contributed by atoms with Crippen LogP contribution in [-0.2, 0) is 23.9 Å². The van der Waals surface area contributed by atoms with E-state index >= 15 is 0 Å². The minimum Gasteiger partial charge on any atom is -0.346 e. The first kappa shape index (κ1) is 21.5. The van der Waals surface area contributed by atoms with Crippen molar-refractivity contribution in [1.82, 2.24) is 10.3 Å². The number of carbonyl (C=O) groups is 1. The number of amides is 1. The largest absolute Gasteiger partial charge is 0.416 e. The highest BCUT2D eigenvalue weighted by Crippen LogP contribution is 2.40. The molecule has 2 aromatic carbocycles. The van der Waals surface area contributed by atoms with Gasteiger partial charge in [-0.2, -0.15) is 13.2 Å². The Kier molecular flexibility index (Phi) is 6.16. The first-order chi connectivity index (χ1) is 15.4. The number of nitrogens with one attached hydrogen (secondary N) is 1. The van der Waals surface area contributed by atoms with Crippen LogP contribution in [0.1, 0.15) is 23.2 Å². The van der Waals surface area contributed by atoms with Crippen LogP contribution in [-0.4, -0.2) is 17.1 Å². The maximum absolute atomic E-state index is 13.8. The molecule has 0 spiro atoms. The third kappa shape index (κ3) is 4.94. The van der Waals surface area contributed by atoms with Gasteiger partial charge in [-0.05, 0) is 53.8 Å². The van der Waals surface area contributed by atoms with Crippen LogP contribution in [0.25, 0.3) is 11.1 Å². The van der Waals surface area contributed by atoms with Gasteiger partial charge in [-0.15, -0.1) is 0 Å². The Morgan fingerprint density at radius 2 is 1.78 bits per heavy atom. The van der Waals surface area contributed by atoms with E-state index in [1.54, 1.807) is 60.8 Å². The molecule has 1 N–H and O–H groups in total. The third-order valence-corrected chi connectivity index (χ3v) is 5.16. The zero-order valence-electron chi connectivity index (χ0n) is 17.1. The van der Waals surface area contributed by atoms with E-state index in [1.165, 1.54) is 12.3 Å². The molecule has 0 aliphatic carbocycles. The molecule has 0 bridgehead atoms. The highest BCUT2D eigenvalue weighted by molar-refractivity contribution is 6.12. The van der Waals surface area contributed by atoms with Crippen LogP contribution in [0.2, 0.25) is 0 Å². The third-order valence-electron chi connectivity index (χ3n) is 5.16. The Morgan fingerprint density at radius 3 is 2.50 bits per heavy atom. The number of rotatable bonds is 4. The predicted molar refractivity (Wildman–Crippen MR) is 118 cm³/mol. The van der Waals surface area contributed by atoms with Crippen LogP contribution in [0.15, 0.2) is 83.5 Å². The first-order valence-corrected chi connectivity index (χ1v) is 10.1. The number of halogens is 3. The smallest absolute Gasteiger partial charge is 0.346 e. The summed E-state index contributed by atoms with van der Waals surface area (Å²) in [5.41, 5.74) is 1.78. The molecule has 7 heteroatoms. The Balaban J connectivity index is 1.64. The Bertz CT molecular complexity index is 1170. The molecule has 4 nitrogen and oxygen atoms in total. The van der Waals surface area contributed by atoms with Crippen molar-refractivity contribution < 1.29 is 18.0 Å². The molecule has 0 fully saturated rings. The van der Waals surface area contributed by atoms with E-state index in [9.17, 15) is 18.0 Å². The molecule has 0 saturated heterocycles. The number of aliphatic imine (C=N–C) groups is 1. The molecule has 1 aromatic heterocycles. The predicted octanol–water partition coefficient (Wildman–Crippen LogP) is 5.66. The lowest BCUT2D eigenvalue weighted by Crippen LogP contribution is -2.25. The molecule has 4 rings (SSSR count). The molecule has 3 aromatic rings. The number of alkyl halides is 3. The normalized spacial score (nSPS) is 13.5. The summed E-state index contributed by atoms with van der Waals surface area (Å²) in [4.78, 5) is 21.0. The summed E-state index contributed by atoms with van der Waals surface area (Å²) in [5, 5.41) is 2.77. The van der Waals surface area contributed by atoms with Crippen LogP contribution in [0.4, 0.5) is 18.9 Å². The molecule has 162 valence electrons. The monoisotopic (exact) mass is 435 g/mol. The summed E-state index contributed by atoms with van der Waals surface area (Å²) < 4.78 is 41.5. The van der Waals surface area contributed by atoms with Gasteiger partial charge in [-0.25, -0.2) is 0 Å². The summed E-state index contributed by atoms with van der Waals surface area (Å²) in [5.74, 6) is -0.349. The number of hydrogen-bond acceptors (Lipinski definition) is 3. The molecule has 0 unspecified atom stereocenters. The zero-order chi connectivity index (χ0) is 22.6. The molecule has 1 amide bonds. The Hall–Kier alpha value is -3.74. The van der Waals surface area contributed by atoms with Gasteiger partial charge in [0, 0.05) is 12.4 Å². The van der Waals surface area contributed by atoms with Crippen LogP contribution in [0.3, 0.4) is 0 Å². The molecule has 32 heavy (non-hydrogen) atoms. The van der Waals surface area contributed by atoms with E-state index in [2.05, 4.69) is 15.3 Å². The number of aromatic nitrogens is 1. The molecule has 1 aliphatic rings. The van der Waals surface area contributed by atoms with Crippen LogP contribution >= 0.6 is 0 Å². The number of benzene rings is 2. The standard InChI is InChI=1S/C25H20F3N3O/c26-25(27,28)22-13-19(17-7-2-1-3-8-17)14-23-21(22)11-6-9-18(15-30-23)24(32)31-16-20-10-4-5-12-29-20/h1-5,7-10,12-15H,6,11,16H2,(H,31,32). The fraction of sp³-hybridized carbons (Fsp3) is 0.160. The van der Waals surface area contributed by atoms with Crippen molar-refractivity contribution in [3.63, 3.8) is 0 Å². The van der Waals surface area contributed by atoms with E-state index in [-0.39, 0.29) is 30.1 Å². The van der Waals surface area contributed by atoms with E-state index in [4.69, 9.17) is 0 Å². The van der Waals surface area contributed by atoms with Gasteiger partial charge in [-0.3, -0.25) is 14.8 Å². The SMILES string of the molecule is O=C(NCc1ccccn1)C1=CCCc2c(cc(-c3ccccc3)cc2C(F)(F)F)N=C1. The fourth-order valence-electron chi connectivity index (χ4n) is 3.58. The lowest BCUT2D eigenvalue weighted by Gasteiger charge is -2.18. The summed E-state index contributed by atoms with van der Waals surface area (Å²) in [6, 6.07) is 17.1. The van der Waals surface area contributed by atoms with Crippen molar-refractivity contribution in [3.05, 3.63) is 95.3 Å². The fourth-order valence-corrected chi connectivity index (χ4v) is 3.58. The van der Waals surface area contributed by atoms with Gasteiger partial charge in [0.25, 0.3) is 5.91 Å². The van der Waals surface area contributed by atoms with Crippen molar-refractivity contribution in [2.45, 2.75) is 25.6 Å². The summed E-state index contributed by atoms with van der Waals surface area (Å²) in [6.07, 6.45) is 0.507. The van der Waals surface area contributed by atoms with Crippen molar-refractivity contribution >= 4 is 17.8 Å². The lowest BCUT2D eigenvalue weighted by molar-refractivity contribution is -0.138. The molecule has 0 atom stereocenters. The number of pyridine rings is 1. The maximum Gasteiger partial charge on any atom is 0.416 e. The van der Waals surface area contributed by atoms with Gasteiger partial charge < -0.3 is 5.32 Å². The van der Waals surface area contributed by atoms with Gasteiger partial charge in [0.05, 0.1) is 29.1 Å². The topological polar surface area (TPSA) is 54.4 Å².